The van der Waals surface area contributed by atoms with Gasteiger partial charge in [0.25, 0.3) is 0 Å². The maximum absolute atomic E-state index is 14.0. The molecule has 0 saturated heterocycles. The summed E-state index contributed by atoms with van der Waals surface area (Å²) >= 11 is 0. The SMILES string of the molecule is CC(C)(C)c1cccc(Oc2cccc(C(NCC(O)C(F)(F)F)c3cccc(C(F)(F)C(F)(F)F)c3)c2)c1. The molecule has 0 aliphatic heterocycles. The van der Waals surface area contributed by atoms with Gasteiger partial charge in [-0.2, -0.15) is 35.1 Å². The number of hydrogen-bond donors (Lipinski definition) is 2. The Bertz CT molecular complexity index is 1270. The van der Waals surface area contributed by atoms with E-state index >= 15 is 0 Å². The summed E-state index contributed by atoms with van der Waals surface area (Å²) < 4.78 is 112. The molecule has 0 fully saturated rings. The molecule has 2 unspecified atom stereocenters. The minimum Gasteiger partial charge on any atom is -0.457 e. The molecule has 3 nitrogen and oxygen atoms in total. The molecule has 2 atom stereocenters. The van der Waals surface area contributed by atoms with E-state index < -0.39 is 42.5 Å². The molecule has 212 valence electrons. The van der Waals surface area contributed by atoms with Crippen molar-refractivity contribution in [3.63, 3.8) is 0 Å². The van der Waals surface area contributed by atoms with E-state index in [0.29, 0.717) is 17.9 Å². The average molecular weight is 562 g/mol. The van der Waals surface area contributed by atoms with E-state index in [0.717, 1.165) is 11.6 Å². The lowest BCUT2D eigenvalue weighted by Crippen LogP contribution is -2.40. The van der Waals surface area contributed by atoms with Crippen molar-refractivity contribution in [1.82, 2.24) is 5.32 Å². The van der Waals surface area contributed by atoms with Gasteiger partial charge in [-0.1, -0.05) is 63.2 Å². The number of halogens is 8. The molecule has 3 rings (SSSR count). The smallest absolute Gasteiger partial charge is 0.457 e. The van der Waals surface area contributed by atoms with Crippen molar-refractivity contribution >= 4 is 0 Å². The van der Waals surface area contributed by atoms with Crippen LogP contribution in [0.1, 0.15) is 49.1 Å². The van der Waals surface area contributed by atoms with E-state index in [1.54, 1.807) is 18.2 Å². The molecule has 0 aliphatic rings. The number of benzene rings is 3. The van der Waals surface area contributed by atoms with Crippen molar-refractivity contribution in [2.24, 2.45) is 0 Å². The van der Waals surface area contributed by atoms with Crippen LogP contribution in [0.25, 0.3) is 0 Å². The molecule has 39 heavy (non-hydrogen) atoms. The fourth-order valence-electron chi connectivity index (χ4n) is 3.77. The van der Waals surface area contributed by atoms with Gasteiger partial charge in [0.1, 0.15) is 11.5 Å². The van der Waals surface area contributed by atoms with E-state index in [2.05, 4.69) is 5.32 Å². The van der Waals surface area contributed by atoms with Gasteiger partial charge < -0.3 is 15.2 Å². The van der Waals surface area contributed by atoms with Gasteiger partial charge in [-0.15, -0.1) is 0 Å². The summed E-state index contributed by atoms with van der Waals surface area (Å²) in [6.07, 6.45) is -13.7. The average Bonchev–Trinajstić information content (AvgIpc) is 2.83. The van der Waals surface area contributed by atoms with Crippen LogP contribution in [-0.2, 0) is 11.3 Å². The number of aliphatic hydroxyl groups excluding tert-OH is 1. The van der Waals surface area contributed by atoms with Crippen molar-refractivity contribution < 1.29 is 45.0 Å². The van der Waals surface area contributed by atoms with E-state index in [9.17, 15) is 40.2 Å². The number of rotatable bonds is 8. The molecule has 2 N–H and O–H groups in total. The summed E-state index contributed by atoms with van der Waals surface area (Å²) in [4.78, 5) is 0. The third kappa shape index (κ3) is 7.48. The molecule has 0 heterocycles. The summed E-state index contributed by atoms with van der Waals surface area (Å²) in [5.41, 5.74) is -0.542. The predicted octanol–water partition coefficient (Wildman–Crippen LogP) is 8.03. The Morgan fingerprint density at radius 1 is 0.718 bits per heavy atom. The molecule has 0 aliphatic carbocycles. The van der Waals surface area contributed by atoms with E-state index in [-0.39, 0.29) is 22.3 Å². The second kappa shape index (κ2) is 11.1. The largest absolute Gasteiger partial charge is 0.458 e. The Balaban J connectivity index is 2.01. The fourth-order valence-corrected chi connectivity index (χ4v) is 3.77. The van der Waals surface area contributed by atoms with E-state index in [1.165, 1.54) is 24.3 Å². The third-order valence-corrected chi connectivity index (χ3v) is 5.96. The van der Waals surface area contributed by atoms with Crippen molar-refractivity contribution in [1.29, 1.82) is 0 Å². The first kappa shape index (κ1) is 30.4. The highest BCUT2D eigenvalue weighted by Crippen LogP contribution is 2.44. The molecular formula is C28H27F8NO2. The first-order valence-electron chi connectivity index (χ1n) is 11.8. The Labute approximate surface area is 220 Å². The summed E-state index contributed by atoms with van der Waals surface area (Å²) in [5.74, 6) is -4.48. The zero-order valence-electron chi connectivity index (χ0n) is 21.2. The normalized spacial score (nSPS) is 14.7. The molecule has 0 radical (unpaired) electrons. The second-order valence-corrected chi connectivity index (χ2v) is 10.0. The van der Waals surface area contributed by atoms with Gasteiger partial charge in [-0.3, -0.25) is 0 Å². The number of ether oxygens (including phenoxy) is 1. The van der Waals surface area contributed by atoms with Crippen molar-refractivity contribution in [2.45, 2.75) is 56.6 Å². The minimum atomic E-state index is -5.88. The van der Waals surface area contributed by atoms with Gasteiger partial charge in [0.05, 0.1) is 6.04 Å². The third-order valence-electron chi connectivity index (χ3n) is 5.96. The quantitative estimate of drug-likeness (QED) is 0.274. The van der Waals surface area contributed by atoms with Gasteiger partial charge >= 0.3 is 18.3 Å². The van der Waals surface area contributed by atoms with Crippen molar-refractivity contribution in [2.75, 3.05) is 6.54 Å². The van der Waals surface area contributed by atoms with Crippen molar-refractivity contribution in [3.05, 3.63) is 95.1 Å². The number of aliphatic hydroxyl groups is 1. The Morgan fingerprint density at radius 3 is 1.79 bits per heavy atom. The Kier molecular flexibility index (Phi) is 8.66. The molecule has 0 bridgehead atoms. The molecule has 0 aromatic heterocycles. The lowest BCUT2D eigenvalue weighted by atomic mass is 9.87. The summed E-state index contributed by atoms with van der Waals surface area (Å²) in [7, 11) is 0. The standard InChI is InChI=1S/C28H27F8NO2/c1-25(2,3)19-9-6-12-22(15-19)39-21-11-5-8-18(14-21)24(37-16-23(38)27(31,32)33)17-7-4-10-20(13-17)26(29,30)28(34,35)36/h4-15,23-24,37-38H,16H2,1-3H3. The summed E-state index contributed by atoms with van der Waals surface area (Å²) in [6.45, 7) is 4.98. The number of hydrogen-bond acceptors (Lipinski definition) is 3. The van der Waals surface area contributed by atoms with Crippen LogP contribution in [0.15, 0.2) is 72.8 Å². The summed E-state index contributed by atoms with van der Waals surface area (Å²) in [6, 6.07) is 15.2. The van der Waals surface area contributed by atoms with Crippen LogP contribution < -0.4 is 10.1 Å². The van der Waals surface area contributed by atoms with Crippen molar-refractivity contribution in [3.8, 4) is 11.5 Å². The van der Waals surface area contributed by atoms with Crippen LogP contribution >= 0.6 is 0 Å². The lowest BCUT2D eigenvalue weighted by Gasteiger charge is -2.25. The highest BCUT2D eigenvalue weighted by atomic mass is 19.4. The summed E-state index contributed by atoms with van der Waals surface area (Å²) in [5, 5.41) is 11.9. The number of nitrogens with one attached hydrogen (secondary N) is 1. The monoisotopic (exact) mass is 561 g/mol. The fraction of sp³-hybridized carbons (Fsp3) is 0.357. The maximum Gasteiger partial charge on any atom is 0.458 e. The zero-order valence-corrected chi connectivity index (χ0v) is 21.2. The molecular weight excluding hydrogens is 534 g/mol. The van der Waals surface area contributed by atoms with Crippen LogP contribution in [0.5, 0.6) is 11.5 Å². The first-order valence-corrected chi connectivity index (χ1v) is 11.8. The van der Waals surface area contributed by atoms with Crippen LogP contribution in [-0.4, -0.2) is 30.1 Å². The van der Waals surface area contributed by atoms with Gasteiger partial charge in [-0.05, 0) is 52.4 Å². The molecule has 3 aromatic carbocycles. The molecule has 0 spiro atoms. The first-order chi connectivity index (χ1) is 17.9. The highest BCUT2D eigenvalue weighted by molar-refractivity contribution is 5.42. The van der Waals surface area contributed by atoms with E-state index in [4.69, 9.17) is 4.74 Å². The number of alkyl halides is 8. The topological polar surface area (TPSA) is 41.5 Å². The Hall–Kier alpha value is -3.18. The highest BCUT2D eigenvalue weighted by Gasteiger charge is 2.58. The van der Waals surface area contributed by atoms with Gasteiger partial charge in [-0.25, -0.2) is 0 Å². The van der Waals surface area contributed by atoms with Gasteiger partial charge in [0.15, 0.2) is 6.10 Å². The van der Waals surface area contributed by atoms with Crippen LogP contribution in [0.2, 0.25) is 0 Å². The zero-order chi connectivity index (χ0) is 29.2. The van der Waals surface area contributed by atoms with Crippen LogP contribution in [0.3, 0.4) is 0 Å². The Morgan fingerprint density at radius 2 is 1.23 bits per heavy atom. The molecule has 0 amide bonds. The predicted molar refractivity (Wildman–Crippen MR) is 130 cm³/mol. The minimum absolute atomic E-state index is 0.169. The second-order valence-electron chi connectivity index (χ2n) is 10.0. The van der Waals surface area contributed by atoms with E-state index in [1.807, 2.05) is 32.9 Å². The maximum atomic E-state index is 14.0. The molecule has 0 saturated carbocycles. The lowest BCUT2D eigenvalue weighted by molar-refractivity contribution is -0.289. The molecule has 3 aromatic rings. The molecule has 11 heteroatoms. The van der Waals surface area contributed by atoms with Crippen LogP contribution in [0.4, 0.5) is 35.1 Å². The van der Waals surface area contributed by atoms with Gasteiger partial charge in [0, 0.05) is 12.1 Å². The van der Waals surface area contributed by atoms with Crippen LogP contribution in [0, 0.1) is 0 Å². The van der Waals surface area contributed by atoms with Gasteiger partial charge in [0.2, 0.25) is 0 Å².